The molecule has 1 N–H and O–H groups in total. The fourth-order valence-electron chi connectivity index (χ4n) is 7.09. The summed E-state index contributed by atoms with van der Waals surface area (Å²) in [6.45, 7) is 11.7. The molecule has 3 fully saturated rings. The van der Waals surface area contributed by atoms with Gasteiger partial charge in [0.25, 0.3) is 0 Å². The normalized spacial score (nSPS) is 27.6. The van der Waals surface area contributed by atoms with Crippen LogP contribution in [0, 0.1) is 11.8 Å². The van der Waals surface area contributed by atoms with E-state index in [9.17, 15) is 19.5 Å². The average molecular weight is 645 g/mol. The van der Waals surface area contributed by atoms with Crippen LogP contribution in [-0.2, 0) is 19.1 Å². The van der Waals surface area contributed by atoms with Gasteiger partial charge in [-0.1, -0.05) is 78.9 Å². The second-order valence-electron chi connectivity index (χ2n) is 11.7. The molecule has 1 aromatic carbocycles. The Morgan fingerprint density at radius 1 is 1.07 bits per heavy atom. The molecule has 0 aliphatic carbocycles. The van der Waals surface area contributed by atoms with Crippen LogP contribution < -0.4 is 4.90 Å². The number of anilines is 1. The molecule has 230 valence electrons. The van der Waals surface area contributed by atoms with Crippen LogP contribution in [0.15, 0.2) is 55.6 Å². The van der Waals surface area contributed by atoms with E-state index in [2.05, 4.69) is 36.0 Å². The zero-order valence-corrected chi connectivity index (χ0v) is 26.4. The van der Waals surface area contributed by atoms with E-state index in [0.717, 1.165) is 37.8 Å². The number of benzene rings is 1. The molecule has 3 saturated heterocycles. The van der Waals surface area contributed by atoms with Crippen LogP contribution in [0.2, 0.25) is 0 Å². The Balaban J connectivity index is 1.71. The number of rotatable bonds is 17. The van der Waals surface area contributed by atoms with E-state index in [1.165, 1.54) is 0 Å². The summed E-state index contributed by atoms with van der Waals surface area (Å²) in [5.74, 6) is -1.95. The summed E-state index contributed by atoms with van der Waals surface area (Å²) < 4.78 is 6.74. The number of amides is 3. The molecule has 2 bridgehead atoms. The van der Waals surface area contributed by atoms with Crippen molar-refractivity contribution in [2.45, 2.75) is 80.9 Å². The molecule has 9 heteroatoms. The number of carbonyl (C=O) groups excluding carboxylic acids is 3. The molecule has 0 aromatic heterocycles. The van der Waals surface area contributed by atoms with Gasteiger partial charge < -0.3 is 24.5 Å². The number of ether oxygens (including phenoxy) is 1. The molecule has 8 nitrogen and oxygen atoms in total. The highest BCUT2D eigenvalue weighted by atomic mass is 79.9. The van der Waals surface area contributed by atoms with Crippen molar-refractivity contribution in [1.82, 2.24) is 9.80 Å². The van der Waals surface area contributed by atoms with Gasteiger partial charge in [0.1, 0.15) is 11.6 Å². The van der Waals surface area contributed by atoms with E-state index < -0.39 is 29.6 Å². The van der Waals surface area contributed by atoms with Crippen LogP contribution in [-0.4, -0.2) is 88.0 Å². The van der Waals surface area contributed by atoms with Crippen molar-refractivity contribution in [3.63, 3.8) is 0 Å². The minimum absolute atomic E-state index is 0.128. The largest absolute Gasteiger partial charge is 0.396 e. The van der Waals surface area contributed by atoms with Gasteiger partial charge >= 0.3 is 0 Å². The Hall–Kier alpha value is -2.49. The Morgan fingerprint density at radius 3 is 2.45 bits per heavy atom. The maximum Gasteiger partial charge on any atom is 0.248 e. The Kier molecular flexibility index (Phi) is 11.4. The number of halogens is 1. The van der Waals surface area contributed by atoms with Gasteiger partial charge in [0.05, 0.1) is 17.9 Å². The average Bonchev–Trinajstić information content (AvgIpc) is 3.58. The molecule has 3 aliphatic heterocycles. The van der Waals surface area contributed by atoms with Crippen LogP contribution in [0.5, 0.6) is 0 Å². The van der Waals surface area contributed by atoms with E-state index in [1.807, 2.05) is 30.3 Å². The highest BCUT2D eigenvalue weighted by Gasteiger charge is 2.76. The Morgan fingerprint density at radius 2 is 1.79 bits per heavy atom. The molecule has 1 aromatic rings. The highest BCUT2D eigenvalue weighted by Crippen LogP contribution is 2.60. The summed E-state index contributed by atoms with van der Waals surface area (Å²) in [7, 11) is 0. The number of nitrogens with zero attached hydrogens (tertiary/aromatic N) is 3. The van der Waals surface area contributed by atoms with E-state index in [1.54, 1.807) is 26.9 Å². The Bertz CT molecular complexity index is 1120. The molecule has 6 atom stereocenters. The van der Waals surface area contributed by atoms with Gasteiger partial charge in [-0.05, 0) is 37.8 Å². The summed E-state index contributed by atoms with van der Waals surface area (Å²) in [6.07, 6.45) is 9.40. The fourth-order valence-corrected chi connectivity index (χ4v) is 8.03. The fraction of sp³-hybridized carbons (Fsp3) is 0.606. The second-order valence-corrected chi connectivity index (χ2v) is 12.9. The standard InChI is InChI=1S/C33H46BrN3O5/c1-4-7-13-20-35(18-5-2)32(41)29-33-23-25(34)28(42-33)26(27(33)31(40)37(29)21-14-8-9-15-22-38)30(39)36(19-6-3)24-16-11-10-12-17-24/h5-6,10-12,16-17,25-29,38H,2-4,7-9,13-15,18-23H2,1H3/t25?,26-,27-,28-,29?,33?/m0/s1. The third kappa shape index (κ3) is 6.24. The lowest BCUT2D eigenvalue weighted by atomic mass is 9.70. The maximum atomic E-state index is 14.4. The first-order chi connectivity index (χ1) is 20.4. The number of aliphatic hydroxyl groups is 1. The lowest BCUT2D eigenvalue weighted by Crippen LogP contribution is -2.57. The van der Waals surface area contributed by atoms with Crippen molar-refractivity contribution in [2.75, 3.05) is 37.7 Å². The van der Waals surface area contributed by atoms with Crippen LogP contribution in [0.4, 0.5) is 5.69 Å². The molecule has 0 saturated carbocycles. The lowest BCUT2D eigenvalue weighted by molar-refractivity contribution is -0.147. The van der Waals surface area contributed by atoms with Gasteiger partial charge in [0, 0.05) is 43.3 Å². The highest BCUT2D eigenvalue weighted by molar-refractivity contribution is 9.09. The molecule has 3 amide bonds. The zero-order valence-electron chi connectivity index (χ0n) is 24.8. The molecule has 4 rings (SSSR count). The third-order valence-corrected chi connectivity index (χ3v) is 9.80. The predicted molar refractivity (Wildman–Crippen MR) is 168 cm³/mol. The van der Waals surface area contributed by atoms with Crippen LogP contribution in [0.25, 0.3) is 0 Å². The van der Waals surface area contributed by atoms with Crippen LogP contribution in [0.3, 0.4) is 0 Å². The van der Waals surface area contributed by atoms with Crippen molar-refractivity contribution in [2.24, 2.45) is 11.8 Å². The third-order valence-electron chi connectivity index (χ3n) is 8.95. The number of aliphatic hydroxyl groups excluding tert-OH is 1. The lowest BCUT2D eigenvalue weighted by Gasteiger charge is -2.37. The number of alkyl halides is 1. The topological polar surface area (TPSA) is 90.4 Å². The minimum Gasteiger partial charge on any atom is -0.396 e. The van der Waals surface area contributed by atoms with Gasteiger partial charge in [-0.2, -0.15) is 0 Å². The van der Waals surface area contributed by atoms with Gasteiger partial charge in [0.2, 0.25) is 17.7 Å². The van der Waals surface area contributed by atoms with Gasteiger partial charge in [0.15, 0.2) is 0 Å². The first-order valence-corrected chi connectivity index (χ1v) is 16.4. The van der Waals surface area contributed by atoms with Crippen LogP contribution >= 0.6 is 15.9 Å². The van der Waals surface area contributed by atoms with Crippen LogP contribution in [0.1, 0.15) is 58.3 Å². The summed E-state index contributed by atoms with van der Waals surface area (Å²) in [4.78, 5) is 48.2. The molecular weight excluding hydrogens is 598 g/mol. The minimum atomic E-state index is -1.08. The van der Waals surface area contributed by atoms with E-state index in [-0.39, 0.29) is 29.2 Å². The number of carbonyl (C=O) groups is 3. The molecule has 1 spiro atoms. The summed E-state index contributed by atoms with van der Waals surface area (Å²) in [5, 5.41) is 9.20. The van der Waals surface area contributed by atoms with Gasteiger partial charge in [-0.15, -0.1) is 13.2 Å². The molecule has 0 radical (unpaired) electrons. The van der Waals surface area contributed by atoms with E-state index in [4.69, 9.17) is 4.74 Å². The molecule has 42 heavy (non-hydrogen) atoms. The van der Waals surface area contributed by atoms with Gasteiger partial charge in [-0.25, -0.2) is 0 Å². The van der Waals surface area contributed by atoms with Crippen molar-refractivity contribution < 1.29 is 24.2 Å². The quantitative estimate of drug-likeness (QED) is 0.151. The predicted octanol–water partition coefficient (Wildman–Crippen LogP) is 4.71. The SMILES string of the molecule is C=CCN(CCCCC)C(=O)C1N(CCCCCCO)C(=O)[C@@H]2[C@H](C(=O)N(CC=C)c3ccccc3)[C@H]3OC12CC3Br. The van der Waals surface area contributed by atoms with Crippen molar-refractivity contribution in [1.29, 1.82) is 0 Å². The molecular formula is C33H46BrN3O5. The summed E-state index contributed by atoms with van der Waals surface area (Å²) in [6, 6.07) is 8.61. The molecule has 3 heterocycles. The zero-order chi connectivity index (χ0) is 30.3. The summed E-state index contributed by atoms with van der Waals surface area (Å²) in [5.41, 5.74) is -0.351. The first kappa shape index (κ1) is 32.4. The molecule has 3 unspecified atom stereocenters. The number of hydrogen-bond donors (Lipinski definition) is 1. The van der Waals surface area contributed by atoms with Crippen molar-refractivity contribution in [3.8, 4) is 0 Å². The number of hydrogen-bond acceptors (Lipinski definition) is 5. The number of para-hydroxylation sites is 1. The number of fused-ring (bicyclic) bond motifs is 1. The van der Waals surface area contributed by atoms with Crippen molar-refractivity contribution >= 4 is 39.3 Å². The smallest absolute Gasteiger partial charge is 0.248 e. The first-order valence-electron chi connectivity index (χ1n) is 15.5. The number of unbranched alkanes of at least 4 members (excludes halogenated alkanes) is 5. The van der Waals surface area contributed by atoms with E-state index in [0.29, 0.717) is 45.4 Å². The monoisotopic (exact) mass is 643 g/mol. The molecule has 3 aliphatic rings. The Labute approximate surface area is 258 Å². The van der Waals surface area contributed by atoms with E-state index >= 15 is 0 Å². The van der Waals surface area contributed by atoms with Crippen molar-refractivity contribution in [3.05, 3.63) is 55.6 Å². The maximum absolute atomic E-state index is 14.4. The van der Waals surface area contributed by atoms with Gasteiger partial charge in [-0.3, -0.25) is 14.4 Å². The number of likely N-dealkylation sites (tertiary alicyclic amines) is 1. The second kappa shape index (κ2) is 14.8. The summed E-state index contributed by atoms with van der Waals surface area (Å²) >= 11 is 3.79.